The number of allylic oxidation sites excluding steroid dienone is 3. The Morgan fingerprint density at radius 2 is 1.94 bits per heavy atom. The van der Waals surface area contributed by atoms with Gasteiger partial charge in [0.1, 0.15) is 0 Å². The van der Waals surface area contributed by atoms with E-state index in [4.69, 9.17) is 0 Å². The van der Waals surface area contributed by atoms with Crippen LogP contribution in [0, 0.1) is 0 Å². The van der Waals surface area contributed by atoms with Crippen molar-refractivity contribution >= 4 is 5.71 Å². The van der Waals surface area contributed by atoms with Gasteiger partial charge in [-0.25, -0.2) is 0 Å². The molecule has 1 aliphatic rings. The largest absolute Gasteiger partial charge is 0.253 e. The lowest BCUT2D eigenvalue weighted by molar-refractivity contribution is 1.02. The molecule has 0 radical (unpaired) electrons. The zero-order valence-electron chi connectivity index (χ0n) is 10.2. The summed E-state index contributed by atoms with van der Waals surface area (Å²) in [6.07, 6.45) is 8.69. The van der Waals surface area contributed by atoms with Crippen molar-refractivity contribution < 1.29 is 0 Å². The molecule has 0 fully saturated rings. The zero-order valence-corrected chi connectivity index (χ0v) is 10.2. The minimum Gasteiger partial charge on any atom is -0.253 e. The average molecular weight is 223 g/mol. The minimum atomic E-state index is 0.849. The quantitative estimate of drug-likeness (QED) is 0.678. The Morgan fingerprint density at radius 3 is 2.59 bits per heavy atom. The lowest BCUT2D eigenvalue weighted by Gasteiger charge is -2.07. The molecule has 0 aromatic heterocycles. The summed E-state index contributed by atoms with van der Waals surface area (Å²) >= 11 is 0. The van der Waals surface area contributed by atoms with Gasteiger partial charge in [0.15, 0.2) is 0 Å². The van der Waals surface area contributed by atoms with Crippen molar-refractivity contribution in [2.45, 2.75) is 19.8 Å². The summed E-state index contributed by atoms with van der Waals surface area (Å²) in [6.45, 7) is 6.06. The first kappa shape index (κ1) is 11.6. The van der Waals surface area contributed by atoms with Crippen LogP contribution in [0.2, 0.25) is 0 Å². The molecule has 0 bridgehead atoms. The van der Waals surface area contributed by atoms with Crippen molar-refractivity contribution in [3.8, 4) is 0 Å². The molecule has 0 saturated heterocycles. The van der Waals surface area contributed by atoms with Crippen LogP contribution < -0.4 is 0 Å². The summed E-state index contributed by atoms with van der Waals surface area (Å²) in [4.78, 5) is 4.57. The van der Waals surface area contributed by atoms with E-state index in [1.165, 1.54) is 0 Å². The van der Waals surface area contributed by atoms with E-state index in [9.17, 15) is 0 Å². The predicted octanol–water partition coefficient (Wildman–Crippen LogP) is 4.29. The second-order valence-corrected chi connectivity index (χ2v) is 4.15. The highest BCUT2D eigenvalue weighted by atomic mass is 14.8. The normalized spacial score (nSPS) is 15.6. The van der Waals surface area contributed by atoms with Crippen molar-refractivity contribution in [1.29, 1.82) is 0 Å². The molecule has 86 valence electrons. The zero-order chi connectivity index (χ0) is 12.1. The molecule has 1 nitrogen and oxygen atoms in total. The van der Waals surface area contributed by atoms with Gasteiger partial charge < -0.3 is 0 Å². The van der Waals surface area contributed by atoms with E-state index < -0.39 is 0 Å². The Bertz CT molecular complexity index is 490. The van der Waals surface area contributed by atoms with Crippen molar-refractivity contribution in [2.75, 3.05) is 0 Å². The molecule has 0 heterocycles. The summed E-state index contributed by atoms with van der Waals surface area (Å²) in [5.74, 6) is 0. The van der Waals surface area contributed by atoms with Crippen LogP contribution in [-0.2, 0) is 0 Å². The maximum absolute atomic E-state index is 4.57. The molecule has 0 N–H and O–H groups in total. The Kier molecular flexibility index (Phi) is 3.71. The molecular formula is C16H17N. The third kappa shape index (κ3) is 3.04. The SMILES string of the molecule is C=C(N=C(C)c1ccccc1)C1=CCCC=C1. The van der Waals surface area contributed by atoms with Crippen LogP contribution in [0.3, 0.4) is 0 Å². The maximum Gasteiger partial charge on any atom is 0.0630 e. The van der Waals surface area contributed by atoms with Gasteiger partial charge in [0.2, 0.25) is 0 Å². The number of hydrogen-bond donors (Lipinski definition) is 0. The first-order valence-electron chi connectivity index (χ1n) is 5.94. The van der Waals surface area contributed by atoms with E-state index >= 15 is 0 Å². The highest BCUT2D eigenvalue weighted by molar-refractivity contribution is 5.99. The molecule has 2 rings (SSSR count). The van der Waals surface area contributed by atoms with E-state index in [0.29, 0.717) is 0 Å². The van der Waals surface area contributed by atoms with Gasteiger partial charge in [-0.3, -0.25) is 4.99 Å². The maximum atomic E-state index is 4.57. The van der Waals surface area contributed by atoms with Crippen molar-refractivity contribution in [3.63, 3.8) is 0 Å². The van der Waals surface area contributed by atoms with Crippen LogP contribution in [0.1, 0.15) is 25.3 Å². The molecule has 1 aliphatic carbocycles. The summed E-state index contributed by atoms with van der Waals surface area (Å²) in [7, 11) is 0. The number of aliphatic imine (C=N–C) groups is 1. The predicted molar refractivity (Wildman–Crippen MR) is 74.3 cm³/mol. The van der Waals surface area contributed by atoms with Gasteiger partial charge in [0, 0.05) is 5.71 Å². The second kappa shape index (κ2) is 5.44. The van der Waals surface area contributed by atoms with Crippen molar-refractivity contribution in [1.82, 2.24) is 0 Å². The molecule has 0 unspecified atom stereocenters. The lowest BCUT2D eigenvalue weighted by atomic mass is 10.0. The van der Waals surface area contributed by atoms with Crippen molar-refractivity contribution in [2.24, 2.45) is 4.99 Å². The highest BCUT2D eigenvalue weighted by Gasteiger charge is 2.02. The first-order valence-corrected chi connectivity index (χ1v) is 5.94. The topological polar surface area (TPSA) is 12.4 Å². The first-order chi connectivity index (χ1) is 8.27. The molecule has 1 aromatic rings. The van der Waals surface area contributed by atoms with Gasteiger partial charge in [-0.05, 0) is 30.9 Å². The van der Waals surface area contributed by atoms with Gasteiger partial charge >= 0.3 is 0 Å². The van der Waals surface area contributed by atoms with Crippen molar-refractivity contribution in [3.05, 3.63) is 72.0 Å². The Morgan fingerprint density at radius 1 is 1.18 bits per heavy atom. The van der Waals surface area contributed by atoms with E-state index in [-0.39, 0.29) is 0 Å². The second-order valence-electron chi connectivity index (χ2n) is 4.15. The molecule has 1 heteroatoms. The fourth-order valence-corrected chi connectivity index (χ4v) is 1.84. The Balaban J connectivity index is 2.17. The summed E-state index contributed by atoms with van der Waals surface area (Å²) in [5.41, 5.74) is 4.15. The van der Waals surface area contributed by atoms with E-state index in [2.05, 4.69) is 41.9 Å². The van der Waals surface area contributed by atoms with Crippen LogP contribution in [0.5, 0.6) is 0 Å². The molecule has 1 aromatic carbocycles. The summed E-state index contributed by atoms with van der Waals surface area (Å²) in [6, 6.07) is 10.2. The Hall–Kier alpha value is -1.89. The van der Waals surface area contributed by atoms with Crippen LogP contribution in [-0.4, -0.2) is 5.71 Å². The average Bonchev–Trinajstić information content (AvgIpc) is 2.40. The smallest absolute Gasteiger partial charge is 0.0630 e. The van der Waals surface area contributed by atoms with E-state index in [1.807, 2.05) is 25.1 Å². The third-order valence-electron chi connectivity index (χ3n) is 2.82. The molecule has 0 amide bonds. The minimum absolute atomic E-state index is 0.849. The van der Waals surface area contributed by atoms with Gasteiger partial charge in [0.05, 0.1) is 5.70 Å². The lowest BCUT2D eigenvalue weighted by Crippen LogP contribution is -1.96. The van der Waals surface area contributed by atoms with Crippen LogP contribution in [0.4, 0.5) is 0 Å². The molecule has 0 saturated carbocycles. The third-order valence-corrected chi connectivity index (χ3v) is 2.82. The molecule has 0 spiro atoms. The Labute approximate surface area is 103 Å². The molecular weight excluding hydrogens is 206 g/mol. The number of hydrogen-bond acceptors (Lipinski definition) is 1. The van der Waals surface area contributed by atoms with Gasteiger partial charge in [-0.2, -0.15) is 0 Å². The summed E-state index contributed by atoms with van der Waals surface area (Å²) < 4.78 is 0. The summed E-state index contributed by atoms with van der Waals surface area (Å²) in [5, 5.41) is 0. The van der Waals surface area contributed by atoms with Gasteiger partial charge in [-0.15, -0.1) is 0 Å². The van der Waals surface area contributed by atoms with E-state index in [1.54, 1.807) is 0 Å². The van der Waals surface area contributed by atoms with Crippen LogP contribution in [0.15, 0.2) is 71.4 Å². The van der Waals surface area contributed by atoms with E-state index in [0.717, 1.165) is 35.4 Å². The standard InChI is InChI=1S/C16H17N/c1-13(15-9-5-3-6-10-15)17-14(2)16-11-7-4-8-12-16/h4-5,7-12H,1,3,6H2,2H3. The van der Waals surface area contributed by atoms with Gasteiger partial charge in [-0.1, -0.05) is 55.1 Å². The fourth-order valence-electron chi connectivity index (χ4n) is 1.84. The number of benzene rings is 1. The van der Waals surface area contributed by atoms with Crippen LogP contribution in [0.25, 0.3) is 0 Å². The number of nitrogens with zero attached hydrogens (tertiary/aromatic N) is 1. The van der Waals surface area contributed by atoms with Gasteiger partial charge in [0.25, 0.3) is 0 Å². The van der Waals surface area contributed by atoms with Crippen LogP contribution >= 0.6 is 0 Å². The highest BCUT2D eigenvalue weighted by Crippen LogP contribution is 2.18. The molecule has 17 heavy (non-hydrogen) atoms. The number of rotatable bonds is 3. The molecule has 0 aliphatic heterocycles. The monoisotopic (exact) mass is 223 g/mol. The molecule has 0 atom stereocenters. The fraction of sp³-hybridized carbons (Fsp3) is 0.188.